The molecule has 0 spiro atoms. The highest BCUT2D eigenvalue weighted by Gasteiger charge is 2.27. The SMILES string of the molecule is CCCNC(=O)NCC1CN(c2ccc(OC)cc2)C(=O)CO1. The molecule has 126 valence electrons. The molecule has 0 aliphatic carbocycles. The molecule has 2 rings (SSSR count). The van der Waals surface area contributed by atoms with Crippen molar-refractivity contribution in [3.63, 3.8) is 0 Å². The highest BCUT2D eigenvalue weighted by molar-refractivity contribution is 5.95. The zero-order chi connectivity index (χ0) is 16.7. The zero-order valence-electron chi connectivity index (χ0n) is 13.5. The van der Waals surface area contributed by atoms with Gasteiger partial charge in [-0.1, -0.05) is 6.92 Å². The van der Waals surface area contributed by atoms with Crippen LogP contribution < -0.4 is 20.3 Å². The van der Waals surface area contributed by atoms with Crippen LogP contribution in [-0.2, 0) is 9.53 Å². The molecule has 0 aromatic heterocycles. The van der Waals surface area contributed by atoms with Gasteiger partial charge in [0, 0.05) is 18.8 Å². The summed E-state index contributed by atoms with van der Waals surface area (Å²) in [6.07, 6.45) is 0.648. The van der Waals surface area contributed by atoms with Gasteiger partial charge in [0.25, 0.3) is 5.91 Å². The van der Waals surface area contributed by atoms with Crippen molar-refractivity contribution in [2.75, 3.05) is 38.3 Å². The summed E-state index contributed by atoms with van der Waals surface area (Å²) in [6, 6.07) is 7.07. The lowest BCUT2D eigenvalue weighted by Gasteiger charge is -2.32. The molecule has 3 amide bonds. The van der Waals surface area contributed by atoms with Crippen LogP contribution in [-0.4, -0.2) is 51.4 Å². The second kappa shape index (κ2) is 8.38. The lowest BCUT2D eigenvalue weighted by atomic mass is 10.2. The molecule has 1 heterocycles. The number of anilines is 1. The van der Waals surface area contributed by atoms with Gasteiger partial charge in [0.15, 0.2) is 0 Å². The number of benzene rings is 1. The first-order chi connectivity index (χ1) is 11.1. The maximum absolute atomic E-state index is 12.0. The molecular weight excluding hydrogens is 298 g/mol. The Morgan fingerprint density at radius 3 is 2.74 bits per heavy atom. The van der Waals surface area contributed by atoms with Crippen molar-refractivity contribution in [1.82, 2.24) is 10.6 Å². The zero-order valence-corrected chi connectivity index (χ0v) is 13.5. The molecule has 1 aromatic rings. The Hall–Kier alpha value is -2.28. The van der Waals surface area contributed by atoms with Gasteiger partial charge in [-0.3, -0.25) is 4.79 Å². The normalized spacial score (nSPS) is 17.7. The van der Waals surface area contributed by atoms with E-state index in [0.717, 1.165) is 17.9 Å². The number of nitrogens with one attached hydrogen (secondary N) is 2. The third kappa shape index (κ3) is 4.85. The summed E-state index contributed by atoms with van der Waals surface area (Å²) >= 11 is 0. The van der Waals surface area contributed by atoms with Crippen molar-refractivity contribution in [3.8, 4) is 5.75 Å². The van der Waals surface area contributed by atoms with E-state index in [1.165, 1.54) is 0 Å². The first-order valence-electron chi connectivity index (χ1n) is 7.71. The highest BCUT2D eigenvalue weighted by Crippen LogP contribution is 2.21. The Morgan fingerprint density at radius 1 is 1.35 bits per heavy atom. The summed E-state index contributed by atoms with van der Waals surface area (Å²) in [5.41, 5.74) is 0.791. The van der Waals surface area contributed by atoms with Crippen LogP contribution in [0.25, 0.3) is 0 Å². The van der Waals surface area contributed by atoms with Crippen LogP contribution in [0.3, 0.4) is 0 Å². The average molecular weight is 321 g/mol. The first kappa shape index (κ1) is 17.1. The van der Waals surface area contributed by atoms with Crippen LogP contribution in [0.5, 0.6) is 5.75 Å². The van der Waals surface area contributed by atoms with E-state index < -0.39 is 0 Å². The highest BCUT2D eigenvalue weighted by atomic mass is 16.5. The minimum absolute atomic E-state index is 0.00888. The van der Waals surface area contributed by atoms with Crippen LogP contribution in [0.4, 0.5) is 10.5 Å². The molecule has 1 aliphatic heterocycles. The summed E-state index contributed by atoms with van der Waals surface area (Å²) in [7, 11) is 1.60. The minimum atomic E-state index is -0.234. The molecule has 23 heavy (non-hydrogen) atoms. The van der Waals surface area contributed by atoms with Gasteiger partial charge in [0.2, 0.25) is 0 Å². The van der Waals surface area contributed by atoms with E-state index in [9.17, 15) is 9.59 Å². The van der Waals surface area contributed by atoms with E-state index in [-0.39, 0.29) is 24.6 Å². The molecule has 1 atom stereocenters. The average Bonchev–Trinajstić information content (AvgIpc) is 2.59. The van der Waals surface area contributed by atoms with Crippen LogP contribution >= 0.6 is 0 Å². The number of ether oxygens (including phenoxy) is 2. The molecule has 0 radical (unpaired) electrons. The Labute approximate surface area is 135 Å². The van der Waals surface area contributed by atoms with E-state index in [1.54, 1.807) is 12.0 Å². The first-order valence-corrected chi connectivity index (χ1v) is 7.71. The van der Waals surface area contributed by atoms with Gasteiger partial charge >= 0.3 is 6.03 Å². The largest absolute Gasteiger partial charge is 0.497 e. The lowest BCUT2D eigenvalue weighted by molar-refractivity contribution is -0.129. The maximum atomic E-state index is 12.0. The summed E-state index contributed by atoms with van der Waals surface area (Å²) < 4.78 is 10.6. The second-order valence-electron chi connectivity index (χ2n) is 5.27. The van der Waals surface area contributed by atoms with Gasteiger partial charge in [-0.2, -0.15) is 0 Å². The van der Waals surface area contributed by atoms with Gasteiger partial charge in [0.05, 0.1) is 19.8 Å². The van der Waals surface area contributed by atoms with Crippen molar-refractivity contribution in [2.45, 2.75) is 19.4 Å². The monoisotopic (exact) mass is 321 g/mol. The number of methoxy groups -OCH3 is 1. The number of hydrogen-bond donors (Lipinski definition) is 2. The van der Waals surface area contributed by atoms with E-state index in [2.05, 4.69) is 10.6 Å². The molecule has 2 N–H and O–H groups in total. The number of hydrogen-bond acceptors (Lipinski definition) is 4. The van der Waals surface area contributed by atoms with Gasteiger partial charge in [-0.25, -0.2) is 4.79 Å². The van der Waals surface area contributed by atoms with Gasteiger partial charge in [-0.15, -0.1) is 0 Å². The van der Waals surface area contributed by atoms with Crippen molar-refractivity contribution in [1.29, 1.82) is 0 Å². The number of urea groups is 1. The van der Waals surface area contributed by atoms with Crippen LogP contribution in [0, 0.1) is 0 Å². The molecule has 0 bridgehead atoms. The molecule has 1 aromatic carbocycles. The molecule has 7 heteroatoms. The smallest absolute Gasteiger partial charge is 0.314 e. The number of nitrogens with zero attached hydrogens (tertiary/aromatic N) is 1. The van der Waals surface area contributed by atoms with Gasteiger partial charge in [0.1, 0.15) is 12.4 Å². The topological polar surface area (TPSA) is 79.9 Å². The number of rotatable bonds is 6. The summed E-state index contributed by atoms with van der Waals surface area (Å²) in [6.45, 7) is 3.39. The molecule has 1 unspecified atom stereocenters. The maximum Gasteiger partial charge on any atom is 0.314 e. The van der Waals surface area contributed by atoms with Crippen molar-refractivity contribution in [2.24, 2.45) is 0 Å². The van der Waals surface area contributed by atoms with Crippen molar-refractivity contribution in [3.05, 3.63) is 24.3 Å². The molecule has 0 saturated carbocycles. The molecular formula is C16H23N3O4. The Bertz CT molecular complexity index is 533. The predicted octanol–water partition coefficient (Wildman–Crippen LogP) is 1.14. The molecule has 1 fully saturated rings. The summed E-state index contributed by atoms with van der Waals surface area (Å²) in [5, 5.41) is 5.50. The van der Waals surface area contributed by atoms with Gasteiger partial charge < -0.3 is 25.0 Å². The summed E-state index contributed by atoms with van der Waals surface area (Å²) in [5.74, 6) is 0.641. The Kier molecular flexibility index (Phi) is 6.22. The van der Waals surface area contributed by atoms with E-state index in [1.807, 2.05) is 31.2 Å². The van der Waals surface area contributed by atoms with E-state index >= 15 is 0 Å². The number of carbonyl (C=O) groups is 2. The third-order valence-corrected chi connectivity index (χ3v) is 3.54. The van der Waals surface area contributed by atoms with Crippen LogP contribution in [0.2, 0.25) is 0 Å². The van der Waals surface area contributed by atoms with Crippen LogP contribution in [0.15, 0.2) is 24.3 Å². The molecule has 1 saturated heterocycles. The van der Waals surface area contributed by atoms with Crippen LogP contribution in [0.1, 0.15) is 13.3 Å². The van der Waals surface area contributed by atoms with E-state index in [0.29, 0.717) is 19.6 Å². The van der Waals surface area contributed by atoms with Crippen molar-refractivity contribution < 1.29 is 19.1 Å². The lowest BCUT2D eigenvalue weighted by Crippen LogP contribution is -2.51. The standard InChI is InChI=1S/C16H23N3O4/c1-3-8-17-16(21)18-9-14-10-19(15(20)11-23-14)12-4-6-13(22-2)7-5-12/h4-7,14H,3,8-11H2,1-2H3,(H2,17,18,21). The van der Waals surface area contributed by atoms with Gasteiger partial charge in [-0.05, 0) is 30.7 Å². The number of morpholine rings is 1. The molecule has 7 nitrogen and oxygen atoms in total. The third-order valence-electron chi connectivity index (χ3n) is 3.54. The fourth-order valence-corrected chi connectivity index (χ4v) is 2.27. The van der Waals surface area contributed by atoms with Crippen molar-refractivity contribution >= 4 is 17.6 Å². The number of carbonyl (C=O) groups excluding carboxylic acids is 2. The fraction of sp³-hybridized carbons (Fsp3) is 0.500. The summed E-state index contributed by atoms with van der Waals surface area (Å²) in [4.78, 5) is 25.3. The van der Waals surface area contributed by atoms with E-state index in [4.69, 9.17) is 9.47 Å². The second-order valence-corrected chi connectivity index (χ2v) is 5.27. The quantitative estimate of drug-likeness (QED) is 0.823. The molecule has 1 aliphatic rings. The minimum Gasteiger partial charge on any atom is -0.497 e. The Morgan fingerprint density at radius 2 is 2.09 bits per heavy atom. The predicted molar refractivity (Wildman–Crippen MR) is 86.8 cm³/mol. The fourth-order valence-electron chi connectivity index (χ4n) is 2.27. The number of amides is 3. The Balaban J connectivity index is 1.90.